The van der Waals surface area contributed by atoms with Crippen LogP contribution >= 0.6 is 0 Å². The summed E-state index contributed by atoms with van der Waals surface area (Å²) in [5.74, 6) is 0.728. The number of nitrogens with zero attached hydrogens (tertiary/aromatic N) is 3. The molecule has 1 aliphatic heterocycles. The molecule has 6 heteroatoms. The molecule has 1 atom stereocenters. The number of nitrogens with one attached hydrogen (secondary N) is 1. The Hall–Kier alpha value is -2.11. The number of rotatable bonds is 3. The molecule has 3 rings (SSSR count). The first-order chi connectivity index (χ1) is 9.74. The van der Waals surface area contributed by atoms with Crippen molar-refractivity contribution in [2.24, 2.45) is 5.92 Å². The Labute approximate surface area is 117 Å². The van der Waals surface area contributed by atoms with Gasteiger partial charge in [-0.1, -0.05) is 0 Å². The van der Waals surface area contributed by atoms with Crippen LogP contribution < -0.4 is 0 Å². The maximum Gasteiger partial charge on any atom is 0.291 e. The number of aromatic nitrogens is 3. The van der Waals surface area contributed by atoms with Crippen molar-refractivity contribution in [3.05, 3.63) is 35.8 Å². The summed E-state index contributed by atoms with van der Waals surface area (Å²) in [5, 5.41) is 7.10. The smallest absolute Gasteiger partial charge is 0.291 e. The van der Waals surface area contributed by atoms with Gasteiger partial charge in [0.15, 0.2) is 6.39 Å². The van der Waals surface area contributed by atoms with Gasteiger partial charge < -0.3 is 9.32 Å². The number of carbonyl (C=O) groups is 1. The van der Waals surface area contributed by atoms with Gasteiger partial charge in [0.25, 0.3) is 5.91 Å². The molecule has 0 aromatic carbocycles. The fourth-order valence-corrected chi connectivity index (χ4v) is 2.76. The van der Waals surface area contributed by atoms with E-state index < -0.39 is 0 Å². The number of hydrogen-bond donors (Lipinski definition) is 1. The molecule has 0 saturated carbocycles. The molecular weight excluding hydrogens is 256 g/mol. The second kappa shape index (κ2) is 5.48. The van der Waals surface area contributed by atoms with Crippen LogP contribution in [0, 0.1) is 12.8 Å². The van der Waals surface area contributed by atoms with Crippen LogP contribution in [0.3, 0.4) is 0 Å². The summed E-state index contributed by atoms with van der Waals surface area (Å²) in [6.07, 6.45) is 7.71. The van der Waals surface area contributed by atoms with Crippen molar-refractivity contribution in [1.29, 1.82) is 0 Å². The summed E-state index contributed by atoms with van der Waals surface area (Å²) in [4.78, 5) is 17.9. The summed E-state index contributed by atoms with van der Waals surface area (Å²) in [6, 6.07) is 0. The third-order valence-corrected chi connectivity index (χ3v) is 3.88. The van der Waals surface area contributed by atoms with Crippen molar-refractivity contribution in [2.45, 2.75) is 26.2 Å². The Morgan fingerprint density at radius 2 is 2.45 bits per heavy atom. The molecule has 1 amide bonds. The van der Waals surface area contributed by atoms with Crippen molar-refractivity contribution in [2.75, 3.05) is 13.1 Å². The number of H-pyrrole nitrogens is 1. The standard InChI is InChI=1S/C14H18N4O2/c1-10-6-16-17-12(10)5-11-3-2-4-18(8-11)14(19)13-7-15-9-20-13/h6-7,9,11H,2-5,8H2,1H3,(H,16,17)/t11-/m1/s1. The molecule has 0 radical (unpaired) electrons. The topological polar surface area (TPSA) is 75.0 Å². The van der Waals surface area contributed by atoms with Crippen LogP contribution in [0.25, 0.3) is 0 Å². The zero-order valence-electron chi connectivity index (χ0n) is 11.5. The maximum atomic E-state index is 12.2. The number of piperidine rings is 1. The molecule has 0 bridgehead atoms. The van der Waals surface area contributed by atoms with E-state index in [1.807, 2.05) is 11.1 Å². The lowest BCUT2D eigenvalue weighted by molar-refractivity contribution is 0.0640. The third-order valence-electron chi connectivity index (χ3n) is 3.88. The Balaban J connectivity index is 1.65. The highest BCUT2D eigenvalue weighted by Crippen LogP contribution is 2.22. The van der Waals surface area contributed by atoms with Gasteiger partial charge in [-0.05, 0) is 37.7 Å². The van der Waals surface area contributed by atoms with E-state index in [1.165, 1.54) is 23.8 Å². The van der Waals surface area contributed by atoms with Crippen LogP contribution in [0.15, 0.2) is 23.2 Å². The Morgan fingerprint density at radius 3 is 3.15 bits per heavy atom. The lowest BCUT2D eigenvalue weighted by atomic mass is 9.92. The van der Waals surface area contributed by atoms with Gasteiger partial charge in [-0.2, -0.15) is 5.10 Å². The molecule has 6 nitrogen and oxygen atoms in total. The van der Waals surface area contributed by atoms with Gasteiger partial charge in [0.2, 0.25) is 5.76 Å². The second-order valence-corrected chi connectivity index (χ2v) is 5.36. The lowest BCUT2D eigenvalue weighted by Crippen LogP contribution is -2.40. The number of amides is 1. The summed E-state index contributed by atoms with van der Waals surface area (Å²) < 4.78 is 5.09. The number of oxazole rings is 1. The predicted molar refractivity (Wildman–Crippen MR) is 72.2 cm³/mol. The van der Waals surface area contributed by atoms with Crippen molar-refractivity contribution in [1.82, 2.24) is 20.1 Å². The largest absolute Gasteiger partial charge is 0.438 e. The van der Waals surface area contributed by atoms with Crippen LogP contribution in [0.5, 0.6) is 0 Å². The van der Waals surface area contributed by atoms with E-state index >= 15 is 0 Å². The lowest BCUT2D eigenvalue weighted by Gasteiger charge is -2.32. The van der Waals surface area contributed by atoms with Gasteiger partial charge in [0.05, 0.1) is 12.4 Å². The number of hydrogen-bond acceptors (Lipinski definition) is 4. The normalized spacial score (nSPS) is 19.2. The first-order valence-electron chi connectivity index (χ1n) is 6.90. The molecule has 3 heterocycles. The van der Waals surface area contributed by atoms with E-state index in [2.05, 4.69) is 22.1 Å². The van der Waals surface area contributed by atoms with Gasteiger partial charge in [-0.25, -0.2) is 4.98 Å². The summed E-state index contributed by atoms with van der Waals surface area (Å²) in [5.41, 5.74) is 2.35. The predicted octanol–water partition coefficient (Wildman–Crippen LogP) is 1.80. The zero-order chi connectivity index (χ0) is 13.9. The number of likely N-dealkylation sites (tertiary alicyclic amines) is 1. The number of aryl methyl sites for hydroxylation is 1. The zero-order valence-corrected chi connectivity index (χ0v) is 11.5. The van der Waals surface area contributed by atoms with Gasteiger partial charge in [-0.15, -0.1) is 0 Å². The highest BCUT2D eigenvalue weighted by atomic mass is 16.3. The SMILES string of the molecule is Cc1cn[nH]c1C[C@H]1CCCN(C(=O)c2cnco2)C1. The fraction of sp³-hybridized carbons (Fsp3) is 0.500. The number of aromatic amines is 1. The van der Waals surface area contributed by atoms with Crippen molar-refractivity contribution in [3.8, 4) is 0 Å². The molecule has 0 aliphatic carbocycles. The van der Waals surface area contributed by atoms with E-state index in [-0.39, 0.29) is 5.91 Å². The van der Waals surface area contributed by atoms with Crippen LogP contribution in [0.1, 0.15) is 34.7 Å². The van der Waals surface area contributed by atoms with Gasteiger partial charge >= 0.3 is 0 Å². The second-order valence-electron chi connectivity index (χ2n) is 5.36. The molecule has 0 spiro atoms. The minimum absolute atomic E-state index is 0.0615. The molecule has 1 fully saturated rings. The summed E-state index contributed by atoms with van der Waals surface area (Å²) >= 11 is 0. The van der Waals surface area contributed by atoms with E-state index in [0.717, 1.165) is 32.4 Å². The van der Waals surface area contributed by atoms with Crippen LogP contribution in [0.4, 0.5) is 0 Å². The quantitative estimate of drug-likeness (QED) is 0.926. The van der Waals surface area contributed by atoms with Crippen LogP contribution in [-0.2, 0) is 6.42 Å². The third kappa shape index (κ3) is 2.59. The molecular formula is C14H18N4O2. The molecule has 20 heavy (non-hydrogen) atoms. The molecule has 0 unspecified atom stereocenters. The summed E-state index contributed by atoms with van der Waals surface area (Å²) in [6.45, 7) is 3.61. The fourth-order valence-electron chi connectivity index (χ4n) is 2.76. The molecule has 2 aromatic heterocycles. The van der Waals surface area contributed by atoms with Crippen molar-refractivity contribution >= 4 is 5.91 Å². The molecule has 2 aromatic rings. The Bertz CT molecular complexity index is 576. The Kier molecular flexibility index (Phi) is 3.54. The maximum absolute atomic E-state index is 12.2. The summed E-state index contributed by atoms with van der Waals surface area (Å²) in [7, 11) is 0. The monoisotopic (exact) mass is 274 g/mol. The minimum atomic E-state index is -0.0615. The van der Waals surface area contributed by atoms with Gasteiger partial charge in [0.1, 0.15) is 0 Å². The van der Waals surface area contributed by atoms with Crippen molar-refractivity contribution < 1.29 is 9.21 Å². The van der Waals surface area contributed by atoms with Crippen molar-refractivity contribution in [3.63, 3.8) is 0 Å². The molecule has 1 aliphatic rings. The first kappa shape index (κ1) is 12.9. The van der Waals surface area contributed by atoms with Gasteiger partial charge in [-0.3, -0.25) is 9.89 Å². The highest BCUT2D eigenvalue weighted by Gasteiger charge is 2.26. The average molecular weight is 274 g/mol. The van der Waals surface area contributed by atoms with E-state index in [0.29, 0.717) is 11.7 Å². The molecule has 1 saturated heterocycles. The molecule has 106 valence electrons. The van der Waals surface area contributed by atoms with Crippen LogP contribution in [-0.4, -0.2) is 39.1 Å². The average Bonchev–Trinajstić information content (AvgIpc) is 3.11. The first-order valence-corrected chi connectivity index (χ1v) is 6.90. The van der Waals surface area contributed by atoms with E-state index in [1.54, 1.807) is 0 Å². The van der Waals surface area contributed by atoms with Crippen LogP contribution in [0.2, 0.25) is 0 Å². The Morgan fingerprint density at radius 1 is 1.55 bits per heavy atom. The number of carbonyl (C=O) groups excluding carboxylic acids is 1. The minimum Gasteiger partial charge on any atom is -0.438 e. The van der Waals surface area contributed by atoms with E-state index in [9.17, 15) is 4.79 Å². The molecule has 1 N–H and O–H groups in total. The highest BCUT2D eigenvalue weighted by molar-refractivity contribution is 5.91. The van der Waals surface area contributed by atoms with E-state index in [4.69, 9.17) is 4.42 Å². The van der Waals surface area contributed by atoms with Gasteiger partial charge in [0, 0.05) is 18.8 Å².